The van der Waals surface area contributed by atoms with E-state index in [4.69, 9.17) is 16.3 Å². The van der Waals surface area contributed by atoms with Crippen LogP contribution in [0.15, 0.2) is 23.6 Å². The fourth-order valence-electron chi connectivity index (χ4n) is 4.86. The number of nitrogens with zero attached hydrogens (tertiary/aromatic N) is 3. The van der Waals surface area contributed by atoms with E-state index in [9.17, 15) is 4.79 Å². The zero-order valence-electron chi connectivity index (χ0n) is 17.7. The Bertz CT molecular complexity index is 1130. The number of halogens is 1. The van der Waals surface area contributed by atoms with Crippen LogP contribution in [-0.2, 0) is 22.4 Å². The molecule has 0 saturated carbocycles. The summed E-state index contributed by atoms with van der Waals surface area (Å²) < 4.78 is 5.29. The van der Waals surface area contributed by atoms with Crippen molar-refractivity contribution < 1.29 is 9.53 Å². The predicted molar refractivity (Wildman–Crippen MR) is 126 cm³/mol. The van der Waals surface area contributed by atoms with Gasteiger partial charge in [0.25, 0.3) is 0 Å². The number of benzene rings is 1. The monoisotopic (exact) mass is 455 g/mol. The van der Waals surface area contributed by atoms with Gasteiger partial charge in [0.2, 0.25) is 5.28 Å². The van der Waals surface area contributed by atoms with E-state index in [1.165, 1.54) is 36.0 Å². The van der Waals surface area contributed by atoms with E-state index in [1.807, 2.05) is 6.92 Å². The van der Waals surface area contributed by atoms with Gasteiger partial charge in [0.05, 0.1) is 17.9 Å². The Hall–Kier alpha value is -2.18. The van der Waals surface area contributed by atoms with E-state index in [2.05, 4.69) is 38.4 Å². The maximum atomic E-state index is 12.4. The highest BCUT2D eigenvalue weighted by atomic mass is 35.5. The molecule has 1 atom stereocenters. The molecule has 5 nitrogen and oxygen atoms in total. The number of fused-ring (bicyclic) bond motifs is 2. The number of hydrogen-bond acceptors (Lipinski definition) is 6. The van der Waals surface area contributed by atoms with Crippen molar-refractivity contribution in [2.24, 2.45) is 5.92 Å². The summed E-state index contributed by atoms with van der Waals surface area (Å²) in [7, 11) is 0. The van der Waals surface area contributed by atoms with E-state index < -0.39 is 0 Å². The summed E-state index contributed by atoms with van der Waals surface area (Å²) >= 11 is 7.91. The zero-order valence-corrected chi connectivity index (χ0v) is 19.3. The van der Waals surface area contributed by atoms with Crippen molar-refractivity contribution in [2.75, 3.05) is 24.6 Å². The van der Waals surface area contributed by atoms with Gasteiger partial charge in [-0.1, -0.05) is 18.2 Å². The van der Waals surface area contributed by atoms with Gasteiger partial charge in [-0.25, -0.2) is 4.98 Å². The number of aromatic nitrogens is 2. The van der Waals surface area contributed by atoms with Gasteiger partial charge >= 0.3 is 5.97 Å². The lowest BCUT2D eigenvalue weighted by molar-refractivity contribution is -0.148. The molecule has 1 unspecified atom stereocenters. The first-order valence-corrected chi connectivity index (χ1v) is 12.4. The summed E-state index contributed by atoms with van der Waals surface area (Å²) in [6.07, 6.45) is 6.62. The highest BCUT2D eigenvalue weighted by Crippen LogP contribution is 2.41. The van der Waals surface area contributed by atoms with Crippen molar-refractivity contribution in [1.82, 2.24) is 9.97 Å². The maximum absolute atomic E-state index is 12.4. The second kappa shape index (κ2) is 8.75. The highest BCUT2D eigenvalue weighted by Gasteiger charge is 2.30. The lowest BCUT2D eigenvalue weighted by Gasteiger charge is -2.33. The average Bonchev–Trinajstić information content (AvgIpc) is 3.22. The summed E-state index contributed by atoms with van der Waals surface area (Å²) in [6.45, 7) is 3.70. The standard InChI is InChI=1S/C24H26ClN3O2S/c1-2-30-23(29)18-8-5-11-28(13-18)21-20-19(14-31-22(20)27-24(25)26-21)17-10-9-15-6-3-4-7-16(15)12-17/h9-10,12,14,18H,2-8,11,13H2,1H3. The second-order valence-corrected chi connectivity index (χ2v) is 9.57. The molecule has 3 aromatic rings. The summed E-state index contributed by atoms with van der Waals surface area (Å²) in [5.41, 5.74) is 5.29. The Balaban J connectivity index is 1.56. The molecule has 1 aliphatic heterocycles. The summed E-state index contributed by atoms with van der Waals surface area (Å²) in [5, 5.41) is 3.45. The Morgan fingerprint density at radius 3 is 2.90 bits per heavy atom. The summed E-state index contributed by atoms with van der Waals surface area (Å²) in [6, 6.07) is 6.84. The van der Waals surface area contributed by atoms with Crippen molar-refractivity contribution in [3.63, 3.8) is 0 Å². The van der Waals surface area contributed by atoms with Crippen LogP contribution < -0.4 is 4.90 Å². The third kappa shape index (κ3) is 4.03. The molecule has 162 valence electrons. The van der Waals surface area contributed by atoms with Gasteiger partial charge in [-0.05, 0) is 73.7 Å². The quantitative estimate of drug-likeness (QED) is 0.374. The van der Waals surface area contributed by atoms with Crippen LogP contribution in [0.2, 0.25) is 5.28 Å². The minimum Gasteiger partial charge on any atom is -0.466 e. The molecule has 1 aliphatic carbocycles. The Morgan fingerprint density at radius 1 is 1.23 bits per heavy atom. The molecule has 2 aliphatic rings. The molecular weight excluding hydrogens is 430 g/mol. The first kappa shape index (κ1) is 20.7. The number of rotatable bonds is 4. The smallest absolute Gasteiger partial charge is 0.310 e. The number of carbonyl (C=O) groups is 1. The first-order chi connectivity index (χ1) is 15.1. The largest absolute Gasteiger partial charge is 0.466 e. The topological polar surface area (TPSA) is 55.3 Å². The lowest BCUT2D eigenvalue weighted by Crippen LogP contribution is -2.40. The minimum atomic E-state index is -0.136. The first-order valence-electron chi connectivity index (χ1n) is 11.1. The molecule has 7 heteroatoms. The Labute approximate surface area is 191 Å². The number of carbonyl (C=O) groups excluding carboxylic acids is 1. The number of aryl methyl sites for hydroxylation is 2. The molecule has 2 aromatic heterocycles. The number of ether oxygens (including phenoxy) is 1. The van der Waals surface area contributed by atoms with E-state index in [0.717, 1.165) is 47.4 Å². The molecule has 0 amide bonds. The van der Waals surface area contributed by atoms with Crippen LogP contribution in [0.5, 0.6) is 0 Å². The van der Waals surface area contributed by atoms with Crippen molar-refractivity contribution in [3.05, 3.63) is 40.0 Å². The van der Waals surface area contributed by atoms with Crippen molar-refractivity contribution >= 4 is 44.9 Å². The van der Waals surface area contributed by atoms with Gasteiger partial charge in [0.15, 0.2) is 0 Å². The Morgan fingerprint density at radius 2 is 2.06 bits per heavy atom. The molecule has 31 heavy (non-hydrogen) atoms. The average molecular weight is 456 g/mol. The molecule has 0 spiro atoms. The fourth-order valence-corrected chi connectivity index (χ4v) is 6.02. The van der Waals surface area contributed by atoms with Crippen LogP contribution in [0.25, 0.3) is 21.3 Å². The van der Waals surface area contributed by atoms with Gasteiger partial charge in [-0.3, -0.25) is 4.79 Å². The number of esters is 1. The van der Waals surface area contributed by atoms with Crippen LogP contribution in [0.4, 0.5) is 5.82 Å². The number of anilines is 1. The molecule has 0 radical (unpaired) electrons. The van der Waals surface area contributed by atoms with Crippen LogP contribution in [0.1, 0.15) is 43.7 Å². The van der Waals surface area contributed by atoms with Crippen molar-refractivity contribution in [3.8, 4) is 11.1 Å². The zero-order chi connectivity index (χ0) is 21.4. The van der Waals surface area contributed by atoms with Gasteiger partial charge in [-0.2, -0.15) is 4.98 Å². The molecule has 1 fully saturated rings. The fraction of sp³-hybridized carbons (Fsp3) is 0.458. The third-order valence-corrected chi connectivity index (χ3v) is 7.43. The summed E-state index contributed by atoms with van der Waals surface area (Å²) in [4.78, 5) is 24.6. The van der Waals surface area contributed by atoms with Gasteiger partial charge < -0.3 is 9.64 Å². The van der Waals surface area contributed by atoms with Crippen LogP contribution in [0, 0.1) is 5.92 Å². The van der Waals surface area contributed by atoms with Gasteiger partial charge in [0.1, 0.15) is 10.6 Å². The molecule has 3 heterocycles. The number of hydrogen-bond donors (Lipinski definition) is 0. The lowest BCUT2D eigenvalue weighted by atomic mass is 9.89. The molecular formula is C24H26ClN3O2S. The van der Waals surface area contributed by atoms with E-state index >= 15 is 0 Å². The molecule has 1 saturated heterocycles. The van der Waals surface area contributed by atoms with E-state index in [1.54, 1.807) is 11.3 Å². The second-order valence-electron chi connectivity index (χ2n) is 8.37. The minimum absolute atomic E-state index is 0.121. The molecule has 5 rings (SSSR count). The van der Waals surface area contributed by atoms with E-state index in [0.29, 0.717) is 13.2 Å². The molecule has 1 aromatic carbocycles. The summed E-state index contributed by atoms with van der Waals surface area (Å²) in [5.74, 6) is 0.574. The highest BCUT2D eigenvalue weighted by molar-refractivity contribution is 7.17. The van der Waals surface area contributed by atoms with Crippen molar-refractivity contribution in [1.29, 1.82) is 0 Å². The third-order valence-electron chi connectivity index (χ3n) is 6.39. The van der Waals surface area contributed by atoms with Crippen LogP contribution >= 0.6 is 22.9 Å². The van der Waals surface area contributed by atoms with Crippen LogP contribution in [-0.4, -0.2) is 35.6 Å². The maximum Gasteiger partial charge on any atom is 0.310 e. The van der Waals surface area contributed by atoms with E-state index in [-0.39, 0.29) is 17.2 Å². The Kier molecular flexibility index (Phi) is 5.85. The normalized spacial score (nSPS) is 18.8. The van der Waals surface area contributed by atoms with Gasteiger partial charge in [-0.15, -0.1) is 11.3 Å². The molecule has 0 N–H and O–H groups in total. The SMILES string of the molecule is CCOC(=O)C1CCCN(c2nc(Cl)nc3scc(-c4ccc5c(c4)CCCC5)c23)C1. The van der Waals surface area contributed by atoms with Crippen LogP contribution in [0.3, 0.4) is 0 Å². The predicted octanol–water partition coefficient (Wildman–Crippen LogP) is 5.67. The van der Waals surface area contributed by atoms with Crippen molar-refractivity contribution in [2.45, 2.75) is 45.4 Å². The number of thiophene rings is 1. The molecule has 0 bridgehead atoms. The number of piperidine rings is 1. The van der Waals surface area contributed by atoms with Gasteiger partial charge in [0, 0.05) is 24.0 Å².